The average molecular weight is 407 g/mol. The molecule has 1 atom stereocenters. The highest BCUT2D eigenvalue weighted by Crippen LogP contribution is 2.16. The van der Waals surface area contributed by atoms with E-state index in [0.29, 0.717) is 10.2 Å². The van der Waals surface area contributed by atoms with Crippen molar-refractivity contribution in [3.8, 4) is 0 Å². The van der Waals surface area contributed by atoms with Crippen molar-refractivity contribution in [3.05, 3.63) is 63.9 Å². The summed E-state index contributed by atoms with van der Waals surface area (Å²) in [5.41, 5.74) is 1.77. The van der Waals surface area contributed by atoms with Gasteiger partial charge in [0.2, 0.25) is 5.91 Å². The van der Waals surface area contributed by atoms with Gasteiger partial charge in [-0.3, -0.25) is 9.59 Å². The number of benzene rings is 2. The van der Waals surface area contributed by atoms with Gasteiger partial charge in [-0.25, -0.2) is 4.39 Å². The number of nitrogens with one attached hydrogen (secondary N) is 2. The van der Waals surface area contributed by atoms with Gasteiger partial charge in [0.05, 0.1) is 0 Å². The van der Waals surface area contributed by atoms with Crippen molar-refractivity contribution < 1.29 is 14.0 Å². The van der Waals surface area contributed by atoms with Gasteiger partial charge in [-0.1, -0.05) is 41.9 Å². The predicted molar refractivity (Wildman–Crippen MR) is 99.8 cm³/mol. The molecule has 1 unspecified atom stereocenters. The lowest BCUT2D eigenvalue weighted by molar-refractivity contribution is -0.119. The second kappa shape index (κ2) is 8.76. The van der Waals surface area contributed by atoms with Crippen LogP contribution in [-0.2, 0) is 11.3 Å². The van der Waals surface area contributed by atoms with Crippen molar-refractivity contribution in [3.63, 3.8) is 0 Å². The Hall–Kier alpha value is -2.21. The van der Waals surface area contributed by atoms with E-state index < -0.39 is 5.82 Å². The SMILES string of the molecule is CCC(C)C(=O)Nc1cccc(CNC(=O)c2cc(F)cc(Br)c2)c1. The highest BCUT2D eigenvalue weighted by molar-refractivity contribution is 9.10. The highest BCUT2D eigenvalue weighted by Gasteiger charge is 2.11. The Morgan fingerprint density at radius 1 is 1.20 bits per heavy atom. The Morgan fingerprint density at radius 3 is 2.64 bits per heavy atom. The number of halogens is 2. The van der Waals surface area contributed by atoms with E-state index in [1.54, 1.807) is 12.1 Å². The molecule has 132 valence electrons. The monoisotopic (exact) mass is 406 g/mol. The van der Waals surface area contributed by atoms with Crippen molar-refractivity contribution >= 4 is 33.4 Å². The van der Waals surface area contributed by atoms with Crippen molar-refractivity contribution in [1.82, 2.24) is 5.32 Å². The second-order valence-corrected chi connectivity index (χ2v) is 6.76. The smallest absolute Gasteiger partial charge is 0.251 e. The second-order valence-electron chi connectivity index (χ2n) is 5.84. The summed E-state index contributed by atoms with van der Waals surface area (Å²) in [6.45, 7) is 4.11. The van der Waals surface area contributed by atoms with Crippen LogP contribution in [0.3, 0.4) is 0 Å². The normalized spacial score (nSPS) is 11.7. The van der Waals surface area contributed by atoms with Crippen LogP contribution < -0.4 is 10.6 Å². The number of carbonyl (C=O) groups excluding carboxylic acids is 2. The average Bonchev–Trinajstić information content (AvgIpc) is 2.58. The maximum absolute atomic E-state index is 13.4. The van der Waals surface area contributed by atoms with Crippen LogP contribution in [0.4, 0.5) is 10.1 Å². The van der Waals surface area contributed by atoms with Crippen molar-refractivity contribution in [2.45, 2.75) is 26.8 Å². The molecular weight excluding hydrogens is 387 g/mol. The van der Waals surface area contributed by atoms with Gasteiger partial charge < -0.3 is 10.6 Å². The zero-order valence-electron chi connectivity index (χ0n) is 14.1. The quantitative estimate of drug-likeness (QED) is 0.741. The van der Waals surface area contributed by atoms with Gasteiger partial charge in [-0.05, 0) is 42.3 Å². The molecule has 0 radical (unpaired) electrons. The lowest BCUT2D eigenvalue weighted by Gasteiger charge is -2.11. The number of carbonyl (C=O) groups is 2. The molecule has 0 aliphatic heterocycles. The molecule has 0 aliphatic rings. The maximum atomic E-state index is 13.4. The van der Waals surface area contributed by atoms with E-state index in [9.17, 15) is 14.0 Å². The molecule has 2 amide bonds. The molecule has 0 saturated heterocycles. The minimum absolute atomic E-state index is 0.0340. The molecule has 0 heterocycles. The maximum Gasteiger partial charge on any atom is 0.251 e. The van der Waals surface area contributed by atoms with Crippen LogP contribution in [0, 0.1) is 11.7 Å². The van der Waals surface area contributed by atoms with Crippen LogP contribution in [0.5, 0.6) is 0 Å². The van der Waals surface area contributed by atoms with E-state index in [1.165, 1.54) is 12.1 Å². The number of amides is 2. The minimum atomic E-state index is -0.478. The van der Waals surface area contributed by atoms with Gasteiger partial charge >= 0.3 is 0 Å². The first-order valence-corrected chi connectivity index (χ1v) is 8.82. The third-order valence-corrected chi connectivity index (χ3v) is 4.29. The number of hydrogen-bond donors (Lipinski definition) is 2. The Morgan fingerprint density at radius 2 is 1.96 bits per heavy atom. The fraction of sp³-hybridized carbons (Fsp3) is 0.263. The zero-order valence-corrected chi connectivity index (χ0v) is 15.7. The summed E-state index contributed by atoms with van der Waals surface area (Å²) < 4.78 is 13.9. The molecule has 0 bridgehead atoms. The first-order chi connectivity index (χ1) is 11.9. The molecule has 2 aromatic carbocycles. The summed E-state index contributed by atoms with van der Waals surface area (Å²) in [5, 5.41) is 5.60. The number of anilines is 1. The van der Waals surface area contributed by atoms with Crippen molar-refractivity contribution in [2.75, 3.05) is 5.32 Å². The molecule has 2 aromatic rings. The molecule has 6 heteroatoms. The Bertz CT molecular complexity index is 760. The van der Waals surface area contributed by atoms with Gasteiger partial charge in [0.1, 0.15) is 5.82 Å². The predicted octanol–water partition coefficient (Wildman–Crippen LogP) is 4.50. The van der Waals surface area contributed by atoms with E-state index >= 15 is 0 Å². The largest absolute Gasteiger partial charge is 0.348 e. The molecular formula is C19H20BrFN2O2. The van der Waals surface area contributed by atoms with Gasteiger partial charge in [0.15, 0.2) is 0 Å². The van der Waals surface area contributed by atoms with Crippen LogP contribution in [0.2, 0.25) is 0 Å². The van der Waals surface area contributed by atoms with Crippen LogP contribution in [-0.4, -0.2) is 11.8 Å². The van der Waals surface area contributed by atoms with Crippen molar-refractivity contribution in [2.24, 2.45) is 5.92 Å². The number of rotatable bonds is 6. The fourth-order valence-corrected chi connectivity index (χ4v) is 2.64. The van der Waals surface area contributed by atoms with Gasteiger partial charge in [-0.2, -0.15) is 0 Å². The molecule has 2 N–H and O–H groups in total. The summed E-state index contributed by atoms with van der Waals surface area (Å²) in [7, 11) is 0. The van der Waals surface area contributed by atoms with Crippen LogP contribution in [0.25, 0.3) is 0 Å². The molecule has 4 nitrogen and oxygen atoms in total. The lowest BCUT2D eigenvalue weighted by atomic mass is 10.1. The molecule has 0 spiro atoms. The standard InChI is InChI=1S/C19H20BrFN2O2/c1-3-12(2)18(24)23-17-6-4-5-13(7-17)11-22-19(25)14-8-15(20)10-16(21)9-14/h4-10,12H,3,11H2,1-2H3,(H,22,25)(H,23,24). The molecule has 0 aromatic heterocycles. The molecule has 0 fully saturated rings. The Labute approximate surface area is 154 Å². The summed E-state index contributed by atoms with van der Waals surface area (Å²) in [6.07, 6.45) is 0.769. The Kier molecular flexibility index (Phi) is 6.70. The van der Waals surface area contributed by atoms with Crippen molar-refractivity contribution in [1.29, 1.82) is 0 Å². The molecule has 0 saturated carbocycles. The topological polar surface area (TPSA) is 58.2 Å². The minimum Gasteiger partial charge on any atom is -0.348 e. The Balaban J connectivity index is 2.00. The van der Waals surface area contributed by atoms with Gasteiger partial charge in [0.25, 0.3) is 5.91 Å². The summed E-state index contributed by atoms with van der Waals surface area (Å²) in [5.74, 6) is -0.938. The van der Waals surface area contributed by atoms with E-state index in [2.05, 4.69) is 26.6 Å². The summed E-state index contributed by atoms with van der Waals surface area (Å²) in [4.78, 5) is 24.1. The van der Waals surface area contributed by atoms with E-state index in [0.717, 1.165) is 12.0 Å². The lowest BCUT2D eigenvalue weighted by Crippen LogP contribution is -2.23. The van der Waals surface area contributed by atoms with Gasteiger partial charge in [-0.15, -0.1) is 0 Å². The van der Waals surface area contributed by atoms with E-state index in [1.807, 2.05) is 32.0 Å². The zero-order chi connectivity index (χ0) is 18.4. The van der Waals surface area contributed by atoms with Crippen LogP contribution >= 0.6 is 15.9 Å². The highest BCUT2D eigenvalue weighted by atomic mass is 79.9. The van der Waals surface area contributed by atoms with E-state index in [-0.39, 0.29) is 29.8 Å². The molecule has 2 rings (SSSR count). The summed E-state index contributed by atoms with van der Waals surface area (Å²) >= 11 is 3.17. The van der Waals surface area contributed by atoms with E-state index in [4.69, 9.17) is 0 Å². The number of hydrogen-bond acceptors (Lipinski definition) is 2. The fourth-order valence-electron chi connectivity index (χ4n) is 2.18. The van der Waals surface area contributed by atoms with Crippen LogP contribution in [0.1, 0.15) is 36.2 Å². The third kappa shape index (κ3) is 5.67. The first kappa shape index (κ1) is 19.1. The first-order valence-electron chi connectivity index (χ1n) is 8.03. The van der Waals surface area contributed by atoms with Gasteiger partial charge in [0, 0.05) is 28.2 Å². The third-order valence-electron chi connectivity index (χ3n) is 3.83. The molecule has 0 aliphatic carbocycles. The molecule has 25 heavy (non-hydrogen) atoms. The van der Waals surface area contributed by atoms with Crippen LogP contribution in [0.15, 0.2) is 46.9 Å². The summed E-state index contributed by atoms with van der Waals surface area (Å²) in [6, 6.07) is 11.3.